The SMILES string of the molecule is O=C1c2ccccc2C(=O)N1Cc1ccc(-c2nnc(C(F)F)o2)cc1F. The molecule has 0 saturated carbocycles. The van der Waals surface area contributed by atoms with Crippen LogP contribution >= 0.6 is 0 Å². The van der Waals surface area contributed by atoms with E-state index in [-0.39, 0.29) is 34.7 Å². The maximum Gasteiger partial charge on any atom is 0.314 e. The van der Waals surface area contributed by atoms with Crippen LogP contribution in [0.3, 0.4) is 0 Å². The summed E-state index contributed by atoms with van der Waals surface area (Å²) in [6.45, 7) is -0.259. The van der Waals surface area contributed by atoms with Crippen molar-refractivity contribution in [2.75, 3.05) is 0 Å². The fourth-order valence-electron chi connectivity index (χ4n) is 2.80. The molecule has 0 fully saturated rings. The summed E-state index contributed by atoms with van der Waals surface area (Å²) in [5.74, 6) is -2.85. The van der Waals surface area contributed by atoms with Gasteiger partial charge in [0, 0.05) is 11.1 Å². The molecule has 0 N–H and O–H groups in total. The highest BCUT2D eigenvalue weighted by Gasteiger charge is 2.35. The quantitative estimate of drug-likeness (QED) is 0.653. The van der Waals surface area contributed by atoms with E-state index in [1.807, 2.05) is 0 Å². The fraction of sp³-hybridized carbons (Fsp3) is 0.111. The Bertz CT molecular complexity index is 1030. The summed E-state index contributed by atoms with van der Waals surface area (Å²) in [5.41, 5.74) is 0.731. The van der Waals surface area contributed by atoms with Crippen molar-refractivity contribution in [1.29, 1.82) is 0 Å². The topological polar surface area (TPSA) is 76.3 Å². The highest BCUT2D eigenvalue weighted by Crippen LogP contribution is 2.27. The Morgan fingerprint density at radius 2 is 1.67 bits per heavy atom. The van der Waals surface area contributed by atoms with Crippen LogP contribution < -0.4 is 0 Å². The van der Waals surface area contributed by atoms with Crippen molar-refractivity contribution in [3.8, 4) is 11.5 Å². The van der Waals surface area contributed by atoms with E-state index in [0.29, 0.717) is 0 Å². The molecule has 9 heteroatoms. The molecule has 2 heterocycles. The van der Waals surface area contributed by atoms with Crippen LogP contribution in [-0.2, 0) is 6.54 Å². The molecule has 6 nitrogen and oxygen atoms in total. The summed E-state index contributed by atoms with van der Waals surface area (Å²) in [6, 6.07) is 10.1. The summed E-state index contributed by atoms with van der Waals surface area (Å²) in [5, 5.41) is 6.63. The van der Waals surface area contributed by atoms with Crippen LogP contribution in [0, 0.1) is 5.82 Å². The number of hydrogen-bond donors (Lipinski definition) is 0. The molecule has 0 bridgehead atoms. The van der Waals surface area contributed by atoms with Gasteiger partial charge in [0.15, 0.2) is 0 Å². The van der Waals surface area contributed by atoms with E-state index in [2.05, 4.69) is 10.2 Å². The van der Waals surface area contributed by atoms with E-state index < -0.39 is 29.9 Å². The van der Waals surface area contributed by atoms with E-state index in [4.69, 9.17) is 4.42 Å². The van der Waals surface area contributed by atoms with Crippen molar-refractivity contribution in [1.82, 2.24) is 15.1 Å². The van der Waals surface area contributed by atoms with Crippen molar-refractivity contribution in [2.24, 2.45) is 0 Å². The van der Waals surface area contributed by atoms with Gasteiger partial charge in [-0.25, -0.2) is 4.39 Å². The van der Waals surface area contributed by atoms with Crippen LogP contribution in [0.2, 0.25) is 0 Å². The number of carbonyl (C=O) groups is 2. The minimum absolute atomic E-state index is 0.0851. The molecule has 4 rings (SSSR count). The first-order valence-corrected chi connectivity index (χ1v) is 7.81. The lowest BCUT2D eigenvalue weighted by Crippen LogP contribution is -2.29. The van der Waals surface area contributed by atoms with E-state index in [0.717, 1.165) is 11.0 Å². The number of nitrogens with zero attached hydrogens (tertiary/aromatic N) is 3. The zero-order valence-electron chi connectivity index (χ0n) is 13.5. The number of fused-ring (bicyclic) bond motifs is 1. The molecule has 1 aliphatic heterocycles. The van der Waals surface area contributed by atoms with Gasteiger partial charge >= 0.3 is 6.43 Å². The monoisotopic (exact) mass is 373 g/mol. The number of halogens is 3. The fourth-order valence-corrected chi connectivity index (χ4v) is 2.80. The Labute approximate surface area is 150 Å². The van der Waals surface area contributed by atoms with Gasteiger partial charge < -0.3 is 4.42 Å². The first-order chi connectivity index (χ1) is 13.0. The second-order valence-electron chi connectivity index (χ2n) is 5.79. The maximum absolute atomic E-state index is 14.5. The molecule has 1 aliphatic rings. The van der Waals surface area contributed by atoms with Gasteiger partial charge in [0.2, 0.25) is 5.89 Å². The summed E-state index contributed by atoms with van der Waals surface area (Å²) in [7, 11) is 0. The van der Waals surface area contributed by atoms with Gasteiger partial charge in [-0.05, 0) is 24.3 Å². The Morgan fingerprint density at radius 3 is 2.22 bits per heavy atom. The molecule has 136 valence electrons. The molecule has 27 heavy (non-hydrogen) atoms. The van der Waals surface area contributed by atoms with Crippen molar-refractivity contribution < 1.29 is 27.2 Å². The van der Waals surface area contributed by atoms with Gasteiger partial charge in [-0.2, -0.15) is 8.78 Å². The van der Waals surface area contributed by atoms with Gasteiger partial charge in [-0.3, -0.25) is 14.5 Å². The van der Waals surface area contributed by atoms with Crippen LogP contribution in [-0.4, -0.2) is 26.9 Å². The molecular weight excluding hydrogens is 363 g/mol. The Morgan fingerprint density at radius 1 is 1.00 bits per heavy atom. The minimum atomic E-state index is -2.93. The second-order valence-corrected chi connectivity index (χ2v) is 5.79. The van der Waals surface area contributed by atoms with E-state index >= 15 is 0 Å². The Balaban J connectivity index is 1.59. The smallest absolute Gasteiger partial charge is 0.314 e. The third-order valence-electron chi connectivity index (χ3n) is 4.13. The summed E-state index contributed by atoms with van der Waals surface area (Å²) < 4.78 is 44.3. The molecule has 2 amide bonds. The van der Waals surface area contributed by atoms with Crippen molar-refractivity contribution >= 4 is 11.8 Å². The average Bonchev–Trinajstić information content (AvgIpc) is 3.24. The van der Waals surface area contributed by atoms with Crippen LogP contribution in [0.25, 0.3) is 11.5 Å². The Kier molecular flexibility index (Phi) is 3.98. The van der Waals surface area contributed by atoms with Gasteiger partial charge in [-0.15, -0.1) is 10.2 Å². The lowest BCUT2D eigenvalue weighted by Gasteiger charge is -2.14. The highest BCUT2D eigenvalue weighted by atomic mass is 19.3. The van der Waals surface area contributed by atoms with Crippen LogP contribution in [0.15, 0.2) is 46.9 Å². The van der Waals surface area contributed by atoms with Crippen molar-refractivity contribution in [2.45, 2.75) is 13.0 Å². The summed E-state index contributed by atoms with van der Waals surface area (Å²) in [4.78, 5) is 25.7. The van der Waals surface area contributed by atoms with Gasteiger partial charge in [-0.1, -0.05) is 18.2 Å². The van der Waals surface area contributed by atoms with Gasteiger partial charge in [0.05, 0.1) is 17.7 Å². The van der Waals surface area contributed by atoms with E-state index in [1.165, 1.54) is 24.3 Å². The number of aromatic nitrogens is 2. The van der Waals surface area contributed by atoms with Crippen molar-refractivity contribution in [3.05, 3.63) is 70.9 Å². The zero-order chi connectivity index (χ0) is 19.1. The summed E-state index contributed by atoms with van der Waals surface area (Å²) in [6.07, 6.45) is -2.93. The third kappa shape index (κ3) is 2.86. The van der Waals surface area contributed by atoms with E-state index in [9.17, 15) is 22.8 Å². The lowest BCUT2D eigenvalue weighted by molar-refractivity contribution is 0.0641. The molecule has 0 radical (unpaired) electrons. The number of imide groups is 1. The molecular formula is C18H10F3N3O3. The molecule has 1 aromatic heterocycles. The average molecular weight is 373 g/mol. The first-order valence-electron chi connectivity index (χ1n) is 7.81. The number of rotatable bonds is 4. The second kappa shape index (κ2) is 6.35. The largest absolute Gasteiger partial charge is 0.415 e. The summed E-state index contributed by atoms with van der Waals surface area (Å²) >= 11 is 0. The maximum atomic E-state index is 14.5. The third-order valence-corrected chi connectivity index (χ3v) is 4.13. The predicted octanol–water partition coefficient (Wildman–Crippen LogP) is 3.61. The number of amides is 2. The molecule has 0 aliphatic carbocycles. The molecule has 0 unspecified atom stereocenters. The highest BCUT2D eigenvalue weighted by molar-refractivity contribution is 6.21. The molecule has 0 atom stereocenters. The lowest BCUT2D eigenvalue weighted by atomic mass is 10.1. The predicted molar refractivity (Wildman–Crippen MR) is 85.3 cm³/mol. The Hall–Kier alpha value is -3.49. The minimum Gasteiger partial charge on any atom is -0.415 e. The van der Waals surface area contributed by atoms with Gasteiger partial charge in [0.25, 0.3) is 17.7 Å². The van der Waals surface area contributed by atoms with Crippen LogP contribution in [0.4, 0.5) is 13.2 Å². The first kappa shape index (κ1) is 17.0. The standard InChI is InChI=1S/C18H10F3N3O3/c19-13-7-9(15-22-23-16(27-15)14(20)21)5-6-10(13)8-24-17(25)11-3-1-2-4-12(11)18(24)26/h1-7,14H,8H2. The van der Waals surface area contributed by atoms with Crippen LogP contribution in [0.5, 0.6) is 0 Å². The number of alkyl halides is 2. The van der Waals surface area contributed by atoms with Gasteiger partial charge in [0.1, 0.15) is 5.82 Å². The zero-order valence-corrected chi connectivity index (χ0v) is 13.5. The van der Waals surface area contributed by atoms with Crippen LogP contribution in [0.1, 0.15) is 38.6 Å². The molecule has 2 aromatic carbocycles. The van der Waals surface area contributed by atoms with E-state index in [1.54, 1.807) is 12.1 Å². The normalized spacial score (nSPS) is 13.6. The number of benzene rings is 2. The number of hydrogen-bond acceptors (Lipinski definition) is 5. The molecule has 0 saturated heterocycles. The molecule has 0 spiro atoms. The number of carbonyl (C=O) groups excluding carboxylic acids is 2. The molecule has 3 aromatic rings. The van der Waals surface area contributed by atoms with Crippen molar-refractivity contribution in [3.63, 3.8) is 0 Å².